The number of Topliss-reactive ketones (excluding diaryl/α,β-unsaturated/α-hetero) is 1. The number of aromatic carboxylic acids is 1. The number of hydrogen-bond donors (Lipinski definition) is 4. The van der Waals surface area contributed by atoms with Crippen molar-refractivity contribution in [1.29, 1.82) is 0 Å². The number of cyclic esters (lactones) is 1. The van der Waals surface area contributed by atoms with Crippen LogP contribution >= 0.6 is 0 Å². The first-order chi connectivity index (χ1) is 36.7. The normalized spacial score (nSPS) is 37.2. The van der Waals surface area contributed by atoms with E-state index in [0.717, 1.165) is 23.1 Å². The van der Waals surface area contributed by atoms with E-state index in [2.05, 4.69) is 10.6 Å². The van der Waals surface area contributed by atoms with E-state index in [0.29, 0.717) is 50.9 Å². The van der Waals surface area contributed by atoms with Gasteiger partial charge in [0.25, 0.3) is 0 Å². The second-order valence-electron chi connectivity index (χ2n) is 23.4. The van der Waals surface area contributed by atoms with Gasteiger partial charge in [0.1, 0.15) is 29.7 Å². The Kier molecular flexibility index (Phi) is 21.2. The molecule has 0 aliphatic carbocycles. The van der Waals surface area contributed by atoms with Gasteiger partial charge in [0, 0.05) is 69.2 Å². The van der Waals surface area contributed by atoms with Gasteiger partial charge in [0.05, 0.1) is 53.1 Å². The van der Waals surface area contributed by atoms with Crippen LogP contribution in [0.5, 0.6) is 0 Å². The highest BCUT2D eigenvalue weighted by Crippen LogP contribution is 2.43. The monoisotopic (exact) mass is 1100 g/mol. The molecule has 1 amide bonds. The van der Waals surface area contributed by atoms with E-state index in [1.54, 1.807) is 39.6 Å². The highest BCUT2D eigenvalue weighted by Gasteiger charge is 2.58. The molecule has 4 fully saturated rings. The number of rotatable bonds is 19. The molecule has 0 radical (unpaired) electrons. The highest BCUT2D eigenvalue weighted by molar-refractivity contribution is 5.94. The SMILES string of the molecule is CC[C@H]1OC(=O)[C@H](C)[C@@H](O[C@H]2C[C@@](C)(OC)[C@@H](OCCCNCCCc3ccc4c(c3C)c(=O)c(C(=O)O)cn4CC)[C@H](C)O2)[C@H](C)[C@@H](O[C@@H]2O[C@H](C)CC(N(C)C)[C@H]2O)[C@](C)(OC)C[C@@H](C)C(=O)[C@H](C)[C@H]2NC(=O)O[C@@]21C. The Hall–Kier alpha value is -4.09. The maximum Gasteiger partial charge on any atom is 0.408 e. The highest BCUT2D eigenvalue weighted by atomic mass is 16.7. The molecule has 4 saturated heterocycles. The number of methoxy groups -OCH3 is 2. The number of alkyl carbamates (subject to hydrolysis) is 1. The molecule has 20 heteroatoms. The number of likely N-dealkylation sites (N-methyl/N-ethyl adjacent to an activating group) is 1. The number of aryl methyl sites for hydroxylation is 3. The summed E-state index contributed by atoms with van der Waals surface area (Å²) in [4.78, 5) is 69.5. The van der Waals surface area contributed by atoms with Gasteiger partial charge in [-0.3, -0.25) is 14.4 Å². The summed E-state index contributed by atoms with van der Waals surface area (Å²) in [6.45, 7) is 24.5. The molecule has 18 atom stereocenters. The van der Waals surface area contributed by atoms with Crippen molar-refractivity contribution in [3.05, 3.63) is 45.2 Å². The van der Waals surface area contributed by atoms with Gasteiger partial charge in [0.2, 0.25) is 5.43 Å². The molecule has 1 aromatic carbocycles. The Morgan fingerprint density at radius 1 is 0.910 bits per heavy atom. The Balaban J connectivity index is 1.19. The molecule has 4 N–H and O–H groups in total. The number of ketones is 1. The predicted octanol–water partition coefficient (Wildman–Crippen LogP) is 6.17. The van der Waals surface area contributed by atoms with E-state index in [1.165, 1.54) is 6.20 Å². The fourth-order valence-corrected chi connectivity index (χ4v) is 12.9. The number of ether oxygens (including phenoxy) is 9. The molecule has 20 nitrogen and oxygen atoms in total. The van der Waals surface area contributed by atoms with Gasteiger partial charge in [-0.1, -0.05) is 33.8 Å². The van der Waals surface area contributed by atoms with Crippen molar-refractivity contribution in [3.63, 3.8) is 0 Å². The summed E-state index contributed by atoms with van der Waals surface area (Å²) in [6.07, 6.45) is -3.27. The quantitative estimate of drug-likeness (QED) is 0.0908. The zero-order valence-corrected chi connectivity index (χ0v) is 49.2. The van der Waals surface area contributed by atoms with Crippen LogP contribution in [0.3, 0.4) is 0 Å². The van der Waals surface area contributed by atoms with Gasteiger partial charge in [0.15, 0.2) is 18.2 Å². The molecular formula is C58H92N4O16. The van der Waals surface area contributed by atoms with E-state index in [9.17, 15) is 34.2 Å². The van der Waals surface area contributed by atoms with Gasteiger partial charge in [-0.05, 0) is 138 Å². The van der Waals surface area contributed by atoms with Gasteiger partial charge in [-0.2, -0.15) is 0 Å². The number of fused-ring (bicyclic) bond motifs is 2. The summed E-state index contributed by atoms with van der Waals surface area (Å²) >= 11 is 0. The number of aliphatic hydroxyl groups is 1. The molecule has 5 heterocycles. The number of carbonyl (C=O) groups excluding carboxylic acids is 3. The van der Waals surface area contributed by atoms with Crippen LogP contribution in [0.15, 0.2) is 23.1 Å². The van der Waals surface area contributed by atoms with Crippen LogP contribution in [0.1, 0.15) is 136 Å². The Bertz CT molecular complexity index is 2470. The van der Waals surface area contributed by atoms with Crippen LogP contribution in [-0.4, -0.2) is 176 Å². The van der Waals surface area contributed by atoms with Crippen LogP contribution in [0.25, 0.3) is 10.9 Å². The number of nitrogens with zero attached hydrogens (tertiary/aromatic N) is 2. The van der Waals surface area contributed by atoms with E-state index in [1.807, 2.05) is 93.4 Å². The average Bonchev–Trinajstić information content (AvgIpc) is 3.79. The Labute approximate surface area is 461 Å². The van der Waals surface area contributed by atoms with E-state index in [4.69, 9.17) is 42.6 Å². The third-order valence-corrected chi connectivity index (χ3v) is 17.6. The number of aromatic nitrogens is 1. The third-order valence-electron chi connectivity index (χ3n) is 17.6. The van der Waals surface area contributed by atoms with Gasteiger partial charge >= 0.3 is 18.0 Å². The summed E-state index contributed by atoms with van der Waals surface area (Å²) < 4.78 is 60.5. The second-order valence-corrected chi connectivity index (χ2v) is 23.4. The first-order valence-corrected chi connectivity index (χ1v) is 28.2. The number of carbonyl (C=O) groups is 4. The number of hydrogen-bond acceptors (Lipinski definition) is 17. The van der Waals surface area contributed by atoms with Gasteiger partial charge in [-0.25, -0.2) is 9.59 Å². The zero-order chi connectivity index (χ0) is 57.8. The Morgan fingerprint density at radius 3 is 2.21 bits per heavy atom. The number of carboxylic acids is 1. The van der Waals surface area contributed by atoms with Crippen molar-refractivity contribution in [2.45, 2.75) is 219 Å². The molecular weight excluding hydrogens is 1010 g/mol. The van der Waals surface area contributed by atoms with Crippen LogP contribution in [0, 0.1) is 30.6 Å². The molecule has 1 unspecified atom stereocenters. The summed E-state index contributed by atoms with van der Waals surface area (Å²) in [5.74, 6) is -5.12. The number of aliphatic hydroxyl groups excluding tert-OH is 1. The minimum atomic E-state index is -1.39. The smallest absolute Gasteiger partial charge is 0.408 e. The minimum Gasteiger partial charge on any atom is -0.477 e. The van der Waals surface area contributed by atoms with Crippen LogP contribution < -0.4 is 16.1 Å². The molecule has 4 aliphatic heterocycles. The van der Waals surface area contributed by atoms with Crippen molar-refractivity contribution in [3.8, 4) is 0 Å². The first kappa shape index (κ1) is 63.1. The van der Waals surface area contributed by atoms with E-state index in [-0.39, 0.29) is 42.8 Å². The van der Waals surface area contributed by atoms with Crippen molar-refractivity contribution >= 4 is 34.7 Å². The number of pyridine rings is 1. The van der Waals surface area contributed by atoms with Crippen LogP contribution in [0.2, 0.25) is 0 Å². The lowest BCUT2D eigenvalue weighted by Crippen LogP contribution is -2.61. The molecule has 4 aliphatic rings. The fraction of sp³-hybridized carbons (Fsp3) is 0.776. The number of esters is 1. The van der Waals surface area contributed by atoms with Crippen molar-refractivity contribution < 1.29 is 72.0 Å². The van der Waals surface area contributed by atoms with Crippen molar-refractivity contribution in [1.82, 2.24) is 20.1 Å². The minimum absolute atomic E-state index is 0.151. The molecule has 0 bridgehead atoms. The number of nitrogens with one attached hydrogen (secondary N) is 2. The summed E-state index contributed by atoms with van der Waals surface area (Å²) in [5, 5.41) is 28.4. The lowest BCUT2D eigenvalue weighted by atomic mass is 9.73. The second kappa shape index (κ2) is 26.2. The fourth-order valence-electron chi connectivity index (χ4n) is 12.9. The first-order valence-electron chi connectivity index (χ1n) is 28.2. The van der Waals surface area contributed by atoms with Crippen LogP contribution in [-0.2, 0) is 65.2 Å². The third kappa shape index (κ3) is 13.3. The molecule has 1 aromatic heterocycles. The standard InChI is InChI=1S/C58H92N4O16/c1-17-42-58(12)49(60-55(69)78-58)34(6)45(63)31(3)28-56(10,70-15)50(77-54-47(65)41(61(13)14)27-32(4)73-54)35(7)48(36(8)53(68)75-42)76-43-29-57(11,71-16)51(37(9)74-43)72-26-20-25-59-24-19-21-38-22-23-40-44(33(38)5)46(64)39(52(66)67)30-62(40)18-2/h22-23,30-32,34-37,41-43,47-51,54,59,65H,17-21,24-29H2,1-16H3,(H,60,69)(H,66,67)/t31-,32-,34+,35+,36-,37+,41?,42-,43+,47-,48+,49-,50-,51+,54+,56-,57-,58-/m1/s1. The van der Waals surface area contributed by atoms with Crippen LogP contribution in [0.4, 0.5) is 4.79 Å². The topological polar surface area (TPSA) is 241 Å². The maximum atomic E-state index is 14.8. The lowest BCUT2D eigenvalue weighted by molar-refractivity contribution is -0.322. The molecule has 6 rings (SSSR count). The number of benzene rings is 1. The summed E-state index contributed by atoms with van der Waals surface area (Å²) in [7, 11) is 6.96. The van der Waals surface area contributed by atoms with Gasteiger partial charge < -0.3 is 72.9 Å². The maximum absolute atomic E-state index is 14.8. The number of carboxylic acid groups (broad SMARTS) is 1. The summed E-state index contributed by atoms with van der Waals surface area (Å²) in [5.41, 5.74) is -1.72. The van der Waals surface area contributed by atoms with E-state index >= 15 is 0 Å². The molecule has 78 heavy (non-hydrogen) atoms. The van der Waals surface area contributed by atoms with Crippen molar-refractivity contribution in [2.24, 2.45) is 23.7 Å². The number of amides is 1. The average molecular weight is 1100 g/mol. The van der Waals surface area contributed by atoms with Gasteiger partial charge in [-0.15, -0.1) is 0 Å². The Morgan fingerprint density at radius 2 is 1.58 bits per heavy atom. The molecule has 0 saturated carbocycles. The zero-order valence-electron chi connectivity index (χ0n) is 49.2. The lowest BCUT2D eigenvalue weighted by Gasteiger charge is -2.50. The molecule has 440 valence electrons. The van der Waals surface area contributed by atoms with E-state index < -0.39 is 119 Å². The molecule has 0 spiro atoms. The largest absolute Gasteiger partial charge is 0.477 e. The molecule has 2 aromatic rings. The summed E-state index contributed by atoms with van der Waals surface area (Å²) in [6, 6.07) is 2.79. The van der Waals surface area contributed by atoms with Crippen molar-refractivity contribution in [2.75, 3.05) is 48.0 Å². The predicted molar refractivity (Wildman–Crippen MR) is 291 cm³/mol.